The van der Waals surface area contributed by atoms with Crippen molar-refractivity contribution in [3.8, 4) is 0 Å². The fraction of sp³-hybridized carbons (Fsp3) is 0.333. The van der Waals surface area contributed by atoms with Crippen LogP contribution in [0.15, 0.2) is 83.8 Å². The van der Waals surface area contributed by atoms with Gasteiger partial charge in [-0.2, -0.15) is 0 Å². The Hall–Kier alpha value is -3.65. The molecule has 0 aromatic heterocycles. The molecule has 0 heterocycles. The van der Waals surface area contributed by atoms with Crippen molar-refractivity contribution in [2.24, 2.45) is 0 Å². The molecule has 2 amide bonds. The second kappa shape index (κ2) is 11.8. The Labute approximate surface area is 226 Å². The summed E-state index contributed by atoms with van der Waals surface area (Å²) in [7, 11) is -4.08. The number of hydrogen-bond donors (Lipinski definition) is 1. The molecule has 202 valence electrons. The molecule has 3 aromatic rings. The van der Waals surface area contributed by atoms with Crippen LogP contribution in [0.1, 0.15) is 44.4 Å². The second-order valence-corrected chi connectivity index (χ2v) is 12.3. The fourth-order valence-corrected chi connectivity index (χ4v) is 5.60. The molecule has 3 aromatic carbocycles. The van der Waals surface area contributed by atoms with E-state index in [1.165, 1.54) is 17.0 Å². The number of para-hydroxylation sites is 1. The summed E-state index contributed by atoms with van der Waals surface area (Å²) in [6.07, 6.45) is 0. The molecule has 0 fully saturated rings. The van der Waals surface area contributed by atoms with E-state index in [0.29, 0.717) is 11.3 Å². The van der Waals surface area contributed by atoms with Gasteiger partial charge in [0.05, 0.1) is 10.6 Å². The maximum absolute atomic E-state index is 14.0. The lowest BCUT2D eigenvalue weighted by atomic mass is 10.1. The number of amides is 2. The van der Waals surface area contributed by atoms with Gasteiger partial charge >= 0.3 is 0 Å². The van der Waals surface area contributed by atoms with Gasteiger partial charge in [-0.3, -0.25) is 13.9 Å². The van der Waals surface area contributed by atoms with E-state index in [-0.39, 0.29) is 17.3 Å². The van der Waals surface area contributed by atoms with E-state index in [1.807, 2.05) is 58.0 Å². The molecule has 0 aliphatic carbocycles. The number of aryl methyl sites for hydroxylation is 2. The monoisotopic (exact) mass is 535 g/mol. The Kier molecular flexibility index (Phi) is 8.99. The van der Waals surface area contributed by atoms with Crippen molar-refractivity contribution < 1.29 is 18.0 Å². The van der Waals surface area contributed by atoms with Gasteiger partial charge in [0, 0.05) is 12.1 Å². The predicted molar refractivity (Wildman–Crippen MR) is 151 cm³/mol. The quantitative estimate of drug-likeness (QED) is 0.425. The van der Waals surface area contributed by atoms with Crippen LogP contribution in [-0.2, 0) is 26.2 Å². The van der Waals surface area contributed by atoms with Crippen molar-refractivity contribution in [2.45, 2.75) is 64.6 Å². The Morgan fingerprint density at radius 3 is 1.97 bits per heavy atom. The first-order chi connectivity index (χ1) is 17.8. The zero-order chi connectivity index (χ0) is 28.1. The Balaban J connectivity index is 2.05. The second-order valence-electron chi connectivity index (χ2n) is 10.5. The van der Waals surface area contributed by atoms with Crippen LogP contribution < -0.4 is 9.62 Å². The molecule has 0 aliphatic rings. The smallest absolute Gasteiger partial charge is 0.264 e. The standard InChI is InChI=1S/C30H37N3O4S/c1-22-14-10-12-16-25(22)20-32(24(3)29(35)31-30(4,5)6)28(34)21-33(27-19-13-11-15-23(27)2)38(36,37)26-17-8-7-9-18-26/h7-19,24H,20-21H2,1-6H3,(H,31,35)/t24-/m1/s1. The molecule has 3 rings (SSSR count). The summed E-state index contributed by atoms with van der Waals surface area (Å²) in [6, 6.07) is 21.9. The topological polar surface area (TPSA) is 86.8 Å². The van der Waals surface area contributed by atoms with Crippen molar-refractivity contribution in [3.63, 3.8) is 0 Å². The van der Waals surface area contributed by atoms with E-state index >= 15 is 0 Å². The highest BCUT2D eigenvalue weighted by Gasteiger charge is 2.33. The van der Waals surface area contributed by atoms with Gasteiger partial charge in [-0.05, 0) is 76.4 Å². The molecule has 1 N–H and O–H groups in total. The Bertz CT molecular complexity index is 1380. The lowest BCUT2D eigenvalue weighted by Gasteiger charge is -2.34. The number of anilines is 1. The van der Waals surface area contributed by atoms with Gasteiger partial charge in [-0.1, -0.05) is 60.7 Å². The predicted octanol–water partition coefficient (Wildman–Crippen LogP) is 4.83. The Morgan fingerprint density at radius 2 is 1.39 bits per heavy atom. The third-order valence-corrected chi connectivity index (χ3v) is 8.04. The molecule has 0 radical (unpaired) electrons. The van der Waals surface area contributed by atoms with E-state index < -0.39 is 34.1 Å². The van der Waals surface area contributed by atoms with E-state index in [4.69, 9.17) is 0 Å². The van der Waals surface area contributed by atoms with Crippen LogP contribution in [0.3, 0.4) is 0 Å². The number of carbonyl (C=O) groups is 2. The average molecular weight is 536 g/mol. The van der Waals surface area contributed by atoms with Gasteiger partial charge in [0.15, 0.2) is 0 Å². The molecule has 7 nitrogen and oxygen atoms in total. The van der Waals surface area contributed by atoms with Crippen molar-refractivity contribution in [1.82, 2.24) is 10.2 Å². The lowest BCUT2D eigenvalue weighted by Crippen LogP contribution is -2.54. The van der Waals surface area contributed by atoms with Gasteiger partial charge in [0.25, 0.3) is 10.0 Å². The minimum atomic E-state index is -4.08. The minimum absolute atomic E-state index is 0.0834. The Morgan fingerprint density at radius 1 is 0.842 bits per heavy atom. The first kappa shape index (κ1) is 28.9. The number of nitrogens with zero attached hydrogens (tertiary/aromatic N) is 2. The number of benzene rings is 3. The number of carbonyl (C=O) groups excluding carboxylic acids is 2. The highest BCUT2D eigenvalue weighted by molar-refractivity contribution is 7.92. The number of hydrogen-bond acceptors (Lipinski definition) is 4. The van der Waals surface area contributed by atoms with Crippen LogP contribution in [-0.4, -0.2) is 43.3 Å². The van der Waals surface area contributed by atoms with E-state index in [2.05, 4.69) is 5.32 Å². The number of sulfonamides is 1. The zero-order valence-electron chi connectivity index (χ0n) is 22.9. The molecule has 38 heavy (non-hydrogen) atoms. The molecular formula is C30H37N3O4S. The van der Waals surface area contributed by atoms with Crippen LogP contribution in [0, 0.1) is 13.8 Å². The number of rotatable bonds is 9. The summed E-state index contributed by atoms with van der Waals surface area (Å²) >= 11 is 0. The minimum Gasteiger partial charge on any atom is -0.350 e. The first-order valence-electron chi connectivity index (χ1n) is 12.6. The highest BCUT2D eigenvalue weighted by atomic mass is 32.2. The van der Waals surface area contributed by atoms with E-state index in [1.54, 1.807) is 50.2 Å². The van der Waals surface area contributed by atoms with Crippen molar-refractivity contribution >= 4 is 27.5 Å². The highest BCUT2D eigenvalue weighted by Crippen LogP contribution is 2.27. The summed E-state index contributed by atoms with van der Waals surface area (Å²) in [6.45, 7) is 10.7. The van der Waals surface area contributed by atoms with Gasteiger partial charge in [-0.25, -0.2) is 8.42 Å². The number of nitrogens with one attached hydrogen (secondary N) is 1. The zero-order valence-corrected chi connectivity index (χ0v) is 23.7. The maximum Gasteiger partial charge on any atom is 0.264 e. The van der Waals surface area contributed by atoms with Crippen LogP contribution in [0.4, 0.5) is 5.69 Å². The van der Waals surface area contributed by atoms with Crippen LogP contribution in [0.5, 0.6) is 0 Å². The van der Waals surface area contributed by atoms with Crippen LogP contribution >= 0.6 is 0 Å². The average Bonchev–Trinajstić information content (AvgIpc) is 2.86. The van der Waals surface area contributed by atoms with Crippen molar-refractivity contribution in [2.75, 3.05) is 10.8 Å². The fourth-order valence-electron chi connectivity index (χ4n) is 4.10. The van der Waals surface area contributed by atoms with E-state index in [9.17, 15) is 18.0 Å². The third kappa shape index (κ3) is 7.01. The normalized spacial score (nSPS) is 12.5. The summed E-state index contributed by atoms with van der Waals surface area (Å²) < 4.78 is 28.8. The lowest BCUT2D eigenvalue weighted by molar-refractivity contribution is -0.140. The molecule has 0 saturated carbocycles. The molecule has 0 spiro atoms. The van der Waals surface area contributed by atoms with Gasteiger partial charge in [0.2, 0.25) is 11.8 Å². The summed E-state index contributed by atoms with van der Waals surface area (Å²) in [4.78, 5) is 28.7. The molecule has 0 saturated heterocycles. The van der Waals surface area contributed by atoms with Gasteiger partial charge < -0.3 is 10.2 Å². The van der Waals surface area contributed by atoms with Gasteiger partial charge in [-0.15, -0.1) is 0 Å². The summed E-state index contributed by atoms with van der Waals surface area (Å²) in [5.41, 5.74) is 2.48. The van der Waals surface area contributed by atoms with Crippen LogP contribution in [0.2, 0.25) is 0 Å². The van der Waals surface area contributed by atoms with Crippen LogP contribution in [0.25, 0.3) is 0 Å². The SMILES string of the molecule is Cc1ccccc1CN(C(=O)CN(c1ccccc1C)S(=O)(=O)c1ccccc1)[C@H](C)C(=O)NC(C)(C)C. The molecule has 0 bridgehead atoms. The molecule has 0 aliphatic heterocycles. The third-order valence-electron chi connectivity index (χ3n) is 6.26. The molecular weight excluding hydrogens is 498 g/mol. The first-order valence-corrected chi connectivity index (χ1v) is 14.0. The van der Waals surface area contributed by atoms with Crippen molar-refractivity contribution in [3.05, 3.63) is 95.6 Å². The molecule has 8 heteroatoms. The van der Waals surface area contributed by atoms with Crippen molar-refractivity contribution in [1.29, 1.82) is 0 Å². The van der Waals surface area contributed by atoms with E-state index in [0.717, 1.165) is 15.4 Å². The largest absolute Gasteiger partial charge is 0.350 e. The summed E-state index contributed by atoms with van der Waals surface area (Å²) in [5.74, 6) is -0.791. The maximum atomic E-state index is 14.0. The summed E-state index contributed by atoms with van der Waals surface area (Å²) in [5, 5.41) is 2.94. The molecule has 0 unspecified atom stereocenters. The molecule has 1 atom stereocenters. The van der Waals surface area contributed by atoms with Gasteiger partial charge in [0.1, 0.15) is 12.6 Å².